The molecule has 0 atom stereocenters. The van der Waals surface area contributed by atoms with Crippen LogP contribution in [0.1, 0.15) is 0 Å². The minimum Gasteiger partial charge on any atom is -0.366 e. The summed E-state index contributed by atoms with van der Waals surface area (Å²) in [6.07, 6.45) is 3.67. The van der Waals surface area contributed by atoms with Crippen LogP contribution in [-0.4, -0.2) is 16.3 Å². The molecule has 5 heteroatoms. The summed E-state index contributed by atoms with van der Waals surface area (Å²) in [6.45, 7) is -0.0476. The Labute approximate surface area is 163 Å². The van der Waals surface area contributed by atoms with Gasteiger partial charge in [0.1, 0.15) is 5.49 Å². The second kappa shape index (κ2) is 8.06. The number of halogens is 1. The van der Waals surface area contributed by atoms with E-state index in [0.29, 0.717) is 10.8 Å². The zero-order chi connectivity index (χ0) is 18.5. The lowest BCUT2D eigenvalue weighted by Gasteiger charge is -2.19. The van der Waals surface area contributed by atoms with Gasteiger partial charge in [-0.15, -0.1) is 0 Å². The van der Waals surface area contributed by atoms with Gasteiger partial charge in [0.05, 0.1) is 5.02 Å². The van der Waals surface area contributed by atoms with Crippen molar-refractivity contribution in [3.05, 3.63) is 114 Å². The number of hydrogen-bond acceptors (Lipinski definition) is 2. The number of rotatable bonds is 4. The van der Waals surface area contributed by atoms with E-state index in [1.54, 1.807) is 6.20 Å². The fraction of sp³-hybridized carbons (Fsp3) is 0. The van der Waals surface area contributed by atoms with E-state index in [1.807, 2.05) is 72.9 Å². The van der Waals surface area contributed by atoms with Crippen molar-refractivity contribution >= 4 is 35.2 Å². The lowest BCUT2D eigenvalue weighted by molar-refractivity contribution is 1.03. The molecule has 3 nitrogen and oxygen atoms in total. The predicted molar refractivity (Wildman–Crippen MR) is 112 cm³/mol. The van der Waals surface area contributed by atoms with Crippen LogP contribution in [0.15, 0.2) is 108 Å². The average molecular weight is 370 g/mol. The third-order valence-corrected chi connectivity index (χ3v) is 4.53. The largest absolute Gasteiger partial charge is 0.366 e. The van der Waals surface area contributed by atoms with Gasteiger partial charge in [-0.3, -0.25) is 0 Å². The fourth-order valence-electron chi connectivity index (χ4n) is 3.11. The smallest absolute Gasteiger partial charge is 0.329 e. The highest BCUT2D eigenvalue weighted by molar-refractivity contribution is 6.83. The second-order valence-corrected chi connectivity index (χ2v) is 6.57. The van der Waals surface area contributed by atoms with E-state index in [-0.39, 0.29) is 6.85 Å². The maximum Gasteiger partial charge on any atom is 0.329 e. The topological polar surface area (TPSA) is 30.2 Å². The minimum atomic E-state index is -0.0476. The summed E-state index contributed by atoms with van der Waals surface area (Å²) < 4.78 is 2.10. The lowest BCUT2D eigenvalue weighted by Crippen LogP contribution is -2.52. The van der Waals surface area contributed by atoms with Gasteiger partial charge in [-0.05, 0) is 24.3 Å². The minimum absolute atomic E-state index is 0.0476. The Bertz CT molecular complexity index is 1040. The highest BCUT2D eigenvalue weighted by Gasteiger charge is 2.22. The van der Waals surface area contributed by atoms with Crippen LogP contribution < -0.4 is 16.4 Å². The van der Waals surface area contributed by atoms with Gasteiger partial charge < -0.3 is 4.48 Å². The summed E-state index contributed by atoms with van der Waals surface area (Å²) in [6, 6.07) is 30.2. The van der Waals surface area contributed by atoms with Crippen LogP contribution in [0.3, 0.4) is 0 Å². The van der Waals surface area contributed by atoms with Crippen molar-refractivity contribution in [2.45, 2.75) is 0 Å². The van der Waals surface area contributed by atoms with Crippen LogP contribution in [0.5, 0.6) is 0 Å². The summed E-state index contributed by atoms with van der Waals surface area (Å²) in [5.74, 6) is 0.661. The quantitative estimate of drug-likeness (QED) is 0.507. The highest BCUT2D eigenvalue weighted by atomic mass is 35.5. The molecule has 2 heterocycles. The summed E-state index contributed by atoms with van der Waals surface area (Å²) >= 11 is 6.36. The molecule has 0 saturated heterocycles. The van der Waals surface area contributed by atoms with Crippen LogP contribution in [-0.2, 0) is 0 Å². The number of pyridine rings is 2. The number of benzene rings is 2. The van der Waals surface area contributed by atoms with Gasteiger partial charge in [0.15, 0.2) is 5.82 Å². The van der Waals surface area contributed by atoms with E-state index < -0.39 is 0 Å². The summed E-state index contributed by atoms with van der Waals surface area (Å²) in [5.41, 5.74) is 3.11. The Kier molecular flexibility index (Phi) is 5.17. The SMILES string of the molecule is Clc1cc/c(=N/c2ccccn2)n(B(c2ccccc2)c2ccccc2)c1. The summed E-state index contributed by atoms with van der Waals surface area (Å²) in [7, 11) is 0. The third kappa shape index (κ3) is 4.02. The molecule has 0 radical (unpaired) electrons. The molecule has 27 heavy (non-hydrogen) atoms. The van der Waals surface area contributed by atoms with Crippen LogP contribution in [0, 0.1) is 0 Å². The maximum atomic E-state index is 6.36. The highest BCUT2D eigenvalue weighted by Crippen LogP contribution is 2.07. The van der Waals surface area contributed by atoms with Crippen molar-refractivity contribution < 1.29 is 0 Å². The molecule has 0 saturated carbocycles. The van der Waals surface area contributed by atoms with Crippen LogP contribution >= 0.6 is 11.6 Å². The van der Waals surface area contributed by atoms with Gasteiger partial charge in [-0.25, -0.2) is 9.98 Å². The van der Waals surface area contributed by atoms with Crippen LogP contribution in [0.4, 0.5) is 5.82 Å². The zero-order valence-electron chi connectivity index (χ0n) is 14.6. The van der Waals surface area contributed by atoms with E-state index >= 15 is 0 Å². The molecule has 2 aromatic carbocycles. The molecule has 0 N–H and O–H groups in total. The Morgan fingerprint density at radius 3 is 1.96 bits per heavy atom. The third-order valence-electron chi connectivity index (χ3n) is 4.31. The molecule has 0 amide bonds. The van der Waals surface area contributed by atoms with Gasteiger partial charge in [0, 0.05) is 12.4 Å². The molecule has 0 aliphatic heterocycles. The summed E-state index contributed by atoms with van der Waals surface area (Å²) in [5, 5.41) is 0.659. The van der Waals surface area contributed by atoms with Crippen molar-refractivity contribution in [2.24, 2.45) is 4.99 Å². The number of nitrogens with zero attached hydrogens (tertiary/aromatic N) is 3. The lowest BCUT2D eigenvalue weighted by atomic mass is 9.50. The molecule has 2 aromatic heterocycles. The van der Waals surface area contributed by atoms with E-state index in [4.69, 9.17) is 16.6 Å². The molecule has 0 unspecified atom stereocenters. The van der Waals surface area contributed by atoms with Gasteiger partial charge in [-0.2, -0.15) is 0 Å². The standard InChI is InChI=1S/C22H17BClN3/c24-20-14-15-22(26-21-13-7-8-16-25-21)27(17-20)23(18-9-3-1-4-10-18)19-11-5-2-6-12-19/h1-17H/b26-22-. The first-order valence-electron chi connectivity index (χ1n) is 8.74. The molecular formula is C22H17BClN3. The maximum absolute atomic E-state index is 6.36. The van der Waals surface area contributed by atoms with Crippen molar-refractivity contribution in [1.29, 1.82) is 0 Å². The Balaban J connectivity index is 1.96. The molecule has 0 aliphatic rings. The monoisotopic (exact) mass is 369 g/mol. The molecular weight excluding hydrogens is 353 g/mol. The first-order chi connectivity index (χ1) is 13.3. The van der Waals surface area contributed by atoms with Gasteiger partial charge in [-0.1, -0.05) is 89.3 Å². The van der Waals surface area contributed by atoms with Crippen molar-refractivity contribution in [1.82, 2.24) is 9.46 Å². The zero-order valence-corrected chi connectivity index (χ0v) is 15.4. The van der Waals surface area contributed by atoms with E-state index in [9.17, 15) is 0 Å². The Hall–Kier alpha value is -3.11. The van der Waals surface area contributed by atoms with E-state index in [0.717, 1.165) is 16.4 Å². The molecule has 0 fully saturated rings. The molecule has 0 bridgehead atoms. The number of hydrogen-bond donors (Lipinski definition) is 0. The Morgan fingerprint density at radius 1 is 0.741 bits per heavy atom. The normalized spacial score (nSPS) is 11.4. The van der Waals surface area contributed by atoms with E-state index in [1.165, 1.54) is 0 Å². The van der Waals surface area contributed by atoms with E-state index in [2.05, 4.69) is 33.7 Å². The van der Waals surface area contributed by atoms with Gasteiger partial charge in [0.2, 0.25) is 0 Å². The van der Waals surface area contributed by atoms with Gasteiger partial charge in [0.25, 0.3) is 0 Å². The first-order valence-corrected chi connectivity index (χ1v) is 9.12. The second-order valence-electron chi connectivity index (χ2n) is 6.14. The van der Waals surface area contributed by atoms with Crippen LogP contribution in [0.2, 0.25) is 5.02 Å². The van der Waals surface area contributed by atoms with Crippen molar-refractivity contribution in [2.75, 3.05) is 0 Å². The molecule has 4 aromatic rings. The van der Waals surface area contributed by atoms with Crippen molar-refractivity contribution in [3.8, 4) is 0 Å². The Morgan fingerprint density at radius 2 is 1.37 bits per heavy atom. The van der Waals surface area contributed by atoms with Crippen LogP contribution in [0.25, 0.3) is 0 Å². The summed E-state index contributed by atoms with van der Waals surface area (Å²) in [4.78, 5) is 9.08. The fourth-order valence-corrected chi connectivity index (χ4v) is 3.27. The first kappa shape index (κ1) is 17.3. The molecule has 0 aliphatic carbocycles. The molecule has 4 rings (SSSR count). The molecule has 0 spiro atoms. The number of aromatic nitrogens is 2. The van der Waals surface area contributed by atoms with Crippen molar-refractivity contribution in [3.63, 3.8) is 0 Å². The predicted octanol–water partition coefficient (Wildman–Crippen LogP) is 3.42. The molecule has 130 valence electrons. The van der Waals surface area contributed by atoms with Gasteiger partial charge >= 0.3 is 6.85 Å². The average Bonchev–Trinajstić information content (AvgIpc) is 2.73.